The molecule has 2 heteroatoms. The summed E-state index contributed by atoms with van der Waals surface area (Å²) < 4.78 is 0. The molecule has 2 fully saturated rings. The largest absolute Gasteiger partial charge is 0.310 e. The summed E-state index contributed by atoms with van der Waals surface area (Å²) in [5, 5.41) is 5.02. The van der Waals surface area contributed by atoms with Gasteiger partial charge in [0, 0.05) is 17.1 Å². The maximum Gasteiger partial charge on any atom is 0.0705 e. The highest BCUT2D eigenvalue weighted by Gasteiger charge is 2.55. The zero-order chi connectivity index (χ0) is 14.4. The van der Waals surface area contributed by atoms with Crippen molar-refractivity contribution in [2.75, 3.05) is 6.54 Å². The van der Waals surface area contributed by atoms with E-state index in [1.165, 1.54) is 30.2 Å². The molecule has 2 aliphatic carbocycles. The van der Waals surface area contributed by atoms with Crippen LogP contribution in [0.4, 0.5) is 0 Å². The van der Waals surface area contributed by atoms with E-state index in [0.717, 1.165) is 35.5 Å². The standard InChI is InChI=1S/C19H24N2/c1-3-20-19(18-15-5-4-6-16(15)18)14-9-10-17-13(11-14)8-7-12(2)21-17/h7-11,15-16,18-20H,3-6H2,1-2H3. The highest BCUT2D eigenvalue weighted by molar-refractivity contribution is 5.79. The van der Waals surface area contributed by atoms with Crippen molar-refractivity contribution >= 4 is 10.9 Å². The number of nitrogens with zero attached hydrogens (tertiary/aromatic N) is 1. The van der Waals surface area contributed by atoms with Gasteiger partial charge in [0.05, 0.1) is 5.52 Å². The first-order chi connectivity index (χ1) is 10.3. The molecule has 0 aliphatic heterocycles. The van der Waals surface area contributed by atoms with Crippen molar-refractivity contribution in [1.82, 2.24) is 10.3 Å². The van der Waals surface area contributed by atoms with Gasteiger partial charge in [-0.1, -0.05) is 25.5 Å². The van der Waals surface area contributed by atoms with Gasteiger partial charge in [0.1, 0.15) is 0 Å². The lowest BCUT2D eigenvalue weighted by Gasteiger charge is -2.21. The Kier molecular flexibility index (Phi) is 3.22. The summed E-state index contributed by atoms with van der Waals surface area (Å²) in [6.45, 7) is 5.32. The van der Waals surface area contributed by atoms with Crippen LogP contribution in [-0.2, 0) is 0 Å². The van der Waals surface area contributed by atoms with Gasteiger partial charge in [-0.2, -0.15) is 0 Å². The van der Waals surface area contributed by atoms with E-state index in [2.05, 4.69) is 54.5 Å². The summed E-state index contributed by atoms with van der Waals surface area (Å²) in [4.78, 5) is 4.62. The van der Waals surface area contributed by atoms with E-state index in [1.807, 2.05) is 0 Å². The molecule has 1 N–H and O–H groups in total. The lowest BCUT2D eigenvalue weighted by molar-refractivity contribution is 0.426. The maximum atomic E-state index is 4.62. The molecule has 0 spiro atoms. The third-order valence-corrected chi connectivity index (χ3v) is 5.49. The molecule has 21 heavy (non-hydrogen) atoms. The Labute approximate surface area is 127 Å². The normalized spacial score (nSPS) is 28.6. The zero-order valence-corrected chi connectivity index (χ0v) is 13.0. The fraction of sp³-hybridized carbons (Fsp3) is 0.526. The molecule has 3 atom stereocenters. The molecule has 0 saturated heterocycles. The smallest absolute Gasteiger partial charge is 0.0705 e. The van der Waals surface area contributed by atoms with Crippen LogP contribution < -0.4 is 5.32 Å². The minimum atomic E-state index is 0.538. The summed E-state index contributed by atoms with van der Waals surface area (Å²) in [6, 6.07) is 11.7. The average molecular weight is 280 g/mol. The Morgan fingerprint density at radius 3 is 2.76 bits per heavy atom. The van der Waals surface area contributed by atoms with Crippen molar-refractivity contribution < 1.29 is 0 Å². The van der Waals surface area contributed by atoms with Crippen LogP contribution in [0.25, 0.3) is 10.9 Å². The second-order valence-electron chi connectivity index (χ2n) is 6.78. The molecule has 0 amide bonds. The van der Waals surface area contributed by atoms with Crippen molar-refractivity contribution in [2.45, 2.75) is 39.2 Å². The molecule has 2 aliphatic rings. The lowest BCUT2D eigenvalue weighted by atomic mass is 9.95. The molecule has 2 saturated carbocycles. The van der Waals surface area contributed by atoms with Gasteiger partial charge in [0.15, 0.2) is 0 Å². The van der Waals surface area contributed by atoms with E-state index in [4.69, 9.17) is 0 Å². The molecule has 110 valence electrons. The van der Waals surface area contributed by atoms with Gasteiger partial charge in [0.25, 0.3) is 0 Å². The summed E-state index contributed by atoms with van der Waals surface area (Å²) >= 11 is 0. The molecule has 0 radical (unpaired) electrons. The zero-order valence-electron chi connectivity index (χ0n) is 13.0. The Hall–Kier alpha value is -1.41. The van der Waals surface area contributed by atoms with E-state index >= 15 is 0 Å². The molecule has 1 aromatic carbocycles. The fourth-order valence-electron chi connectivity index (χ4n) is 4.51. The Morgan fingerprint density at radius 2 is 2.00 bits per heavy atom. The van der Waals surface area contributed by atoms with Crippen LogP contribution in [0.1, 0.15) is 43.5 Å². The quantitative estimate of drug-likeness (QED) is 0.906. The second kappa shape index (κ2) is 5.10. The lowest BCUT2D eigenvalue weighted by Crippen LogP contribution is -2.24. The summed E-state index contributed by atoms with van der Waals surface area (Å²) in [5.41, 5.74) is 3.66. The van der Waals surface area contributed by atoms with Crippen molar-refractivity contribution in [2.24, 2.45) is 17.8 Å². The summed E-state index contributed by atoms with van der Waals surface area (Å²) in [6.07, 6.45) is 4.35. The monoisotopic (exact) mass is 280 g/mol. The molecule has 2 aromatic rings. The highest BCUT2D eigenvalue weighted by Crippen LogP contribution is 2.62. The molecule has 4 rings (SSSR count). The summed E-state index contributed by atoms with van der Waals surface area (Å²) in [7, 11) is 0. The van der Waals surface area contributed by atoms with E-state index in [0.29, 0.717) is 6.04 Å². The van der Waals surface area contributed by atoms with Gasteiger partial charge in [0.2, 0.25) is 0 Å². The molecule has 2 nitrogen and oxygen atoms in total. The average Bonchev–Trinajstić information content (AvgIpc) is 2.95. The SMILES string of the molecule is CCNC(c1ccc2nc(C)ccc2c1)C1C2CCCC21. The molecule has 3 unspecified atom stereocenters. The first kappa shape index (κ1) is 13.3. The Bertz CT molecular complexity index is 654. The second-order valence-corrected chi connectivity index (χ2v) is 6.78. The van der Waals surface area contributed by atoms with E-state index in [-0.39, 0.29) is 0 Å². The van der Waals surface area contributed by atoms with Crippen LogP contribution in [0.2, 0.25) is 0 Å². The van der Waals surface area contributed by atoms with Gasteiger partial charge < -0.3 is 5.32 Å². The predicted octanol–water partition coefficient (Wildman–Crippen LogP) is 4.24. The van der Waals surface area contributed by atoms with Crippen molar-refractivity contribution in [3.05, 3.63) is 41.6 Å². The van der Waals surface area contributed by atoms with Gasteiger partial charge in [-0.05, 0) is 67.8 Å². The Morgan fingerprint density at radius 1 is 1.19 bits per heavy atom. The maximum absolute atomic E-state index is 4.62. The number of hydrogen-bond acceptors (Lipinski definition) is 2. The van der Waals surface area contributed by atoms with Crippen LogP contribution in [0.15, 0.2) is 30.3 Å². The van der Waals surface area contributed by atoms with Crippen molar-refractivity contribution in [3.8, 4) is 0 Å². The van der Waals surface area contributed by atoms with Crippen LogP contribution in [-0.4, -0.2) is 11.5 Å². The number of aryl methyl sites for hydroxylation is 1. The molecule has 0 bridgehead atoms. The molecular weight excluding hydrogens is 256 g/mol. The first-order valence-electron chi connectivity index (χ1n) is 8.38. The number of hydrogen-bond donors (Lipinski definition) is 1. The number of fused-ring (bicyclic) bond motifs is 2. The number of benzene rings is 1. The van der Waals surface area contributed by atoms with Crippen molar-refractivity contribution in [3.63, 3.8) is 0 Å². The van der Waals surface area contributed by atoms with Crippen LogP contribution in [0.5, 0.6) is 0 Å². The van der Waals surface area contributed by atoms with E-state index in [1.54, 1.807) is 0 Å². The first-order valence-corrected chi connectivity index (χ1v) is 8.38. The third kappa shape index (κ3) is 2.26. The predicted molar refractivity (Wildman–Crippen MR) is 87.2 cm³/mol. The van der Waals surface area contributed by atoms with Gasteiger partial charge in [-0.25, -0.2) is 0 Å². The van der Waals surface area contributed by atoms with Crippen LogP contribution >= 0.6 is 0 Å². The number of rotatable bonds is 4. The number of aromatic nitrogens is 1. The minimum absolute atomic E-state index is 0.538. The fourth-order valence-corrected chi connectivity index (χ4v) is 4.51. The minimum Gasteiger partial charge on any atom is -0.310 e. The molecule has 1 aromatic heterocycles. The number of nitrogens with one attached hydrogen (secondary N) is 1. The van der Waals surface area contributed by atoms with Gasteiger partial charge in [-0.15, -0.1) is 0 Å². The van der Waals surface area contributed by atoms with E-state index in [9.17, 15) is 0 Å². The Balaban J connectivity index is 1.67. The van der Waals surface area contributed by atoms with E-state index < -0.39 is 0 Å². The summed E-state index contributed by atoms with van der Waals surface area (Å²) in [5.74, 6) is 2.84. The van der Waals surface area contributed by atoms with Gasteiger partial charge in [-0.3, -0.25) is 4.98 Å². The molecule has 1 heterocycles. The van der Waals surface area contributed by atoms with Crippen LogP contribution in [0.3, 0.4) is 0 Å². The topological polar surface area (TPSA) is 24.9 Å². The third-order valence-electron chi connectivity index (χ3n) is 5.49. The molecular formula is C19H24N2. The number of pyridine rings is 1. The van der Waals surface area contributed by atoms with Gasteiger partial charge >= 0.3 is 0 Å². The van der Waals surface area contributed by atoms with Crippen LogP contribution in [0, 0.1) is 24.7 Å². The van der Waals surface area contributed by atoms with Crippen molar-refractivity contribution in [1.29, 1.82) is 0 Å². The highest BCUT2D eigenvalue weighted by atomic mass is 14.9.